The van der Waals surface area contributed by atoms with E-state index in [1.54, 1.807) is 17.5 Å². The number of aromatic nitrogens is 1. The Morgan fingerprint density at radius 2 is 2.57 bits per heavy atom. The Balaban J connectivity index is 2.02. The van der Waals surface area contributed by atoms with E-state index in [1.807, 2.05) is 12.3 Å². The quantitative estimate of drug-likeness (QED) is 0.580. The van der Waals surface area contributed by atoms with Gasteiger partial charge < -0.3 is 10.1 Å². The summed E-state index contributed by atoms with van der Waals surface area (Å²) in [5, 5.41) is 5.93. The Bertz CT molecular complexity index is 262. The molecule has 0 spiro atoms. The predicted octanol–water partition coefficient (Wildman–Crippen LogP) is 1.90. The fourth-order valence-corrected chi connectivity index (χ4v) is 1.53. The molecule has 1 rings (SSSR count). The van der Waals surface area contributed by atoms with Crippen molar-refractivity contribution in [3.05, 3.63) is 11.6 Å². The lowest BCUT2D eigenvalue weighted by Crippen LogP contribution is -2.07. The molecular weight excluding hydrogens is 200 g/mol. The SMILES string of the molecule is CCOC(=O)CCCNc1nccs1. The number of esters is 1. The second-order valence-electron chi connectivity index (χ2n) is 2.67. The Morgan fingerprint density at radius 1 is 1.71 bits per heavy atom. The van der Waals surface area contributed by atoms with Crippen molar-refractivity contribution in [3.8, 4) is 0 Å². The van der Waals surface area contributed by atoms with Gasteiger partial charge in [0.25, 0.3) is 0 Å². The van der Waals surface area contributed by atoms with Crippen LogP contribution in [0.1, 0.15) is 19.8 Å². The molecule has 0 unspecified atom stereocenters. The van der Waals surface area contributed by atoms with Gasteiger partial charge in [0.05, 0.1) is 6.61 Å². The van der Waals surface area contributed by atoms with Gasteiger partial charge in [0, 0.05) is 24.5 Å². The molecule has 1 N–H and O–H groups in total. The van der Waals surface area contributed by atoms with Crippen molar-refractivity contribution in [2.24, 2.45) is 0 Å². The van der Waals surface area contributed by atoms with Crippen LogP contribution in [0.4, 0.5) is 5.13 Å². The van der Waals surface area contributed by atoms with Crippen LogP contribution in [0.5, 0.6) is 0 Å². The van der Waals surface area contributed by atoms with Crippen LogP contribution < -0.4 is 5.32 Å². The standard InChI is InChI=1S/C9H14N2O2S/c1-2-13-8(12)4-3-5-10-9-11-6-7-14-9/h6-7H,2-5H2,1H3,(H,10,11). The molecule has 0 fully saturated rings. The van der Waals surface area contributed by atoms with E-state index in [4.69, 9.17) is 4.74 Å². The number of hydrogen-bond donors (Lipinski definition) is 1. The molecule has 0 amide bonds. The van der Waals surface area contributed by atoms with E-state index < -0.39 is 0 Å². The number of nitrogens with zero attached hydrogens (tertiary/aromatic N) is 1. The minimum Gasteiger partial charge on any atom is -0.466 e. The summed E-state index contributed by atoms with van der Waals surface area (Å²) >= 11 is 1.55. The summed E-state index contributed by atoms with van der Waals surface area (Å²) in [6.07, 6.45) is 2.99. The van der Waals surface area contributed by atoms with Crippen molar-refractivity contribution < 1.29 is 9.53 Å². The molecule has 0 saturated heterocycles. The first-order valence-corrected chi connectivity index (χ1v) is 5.50. The van der Waals surface area contributed by atoms with Gasteiger partial charge in [-0.25, -0.2) is 4.98 Å². The largest absolute Gasteiger partial charge is 0.466 e. The van der Waals surface area contributed by atoms with Crippen LogP contribution in [-0.4, -0.2) is 24.1 Å². The lowest BCUT2D eigenvalue weighted by molar-refractivity contribution is -0.143. The first kappa shape index (κ1) is 11.0. The van der Waals surface area contributed by atoms with E-state index in [9.17, 15) is 4.79 Å². The van der Waals surface area contributed by atoms with Crippen LogP contribution in [0, 0.1) is 0 Å². The number of carbonyl (C=O) groups excluding carboxylic acids is 1. The number of ether oxygens (including phenoxy) is 1. The van der Waals surface area contributed by atoms with E-state index in [2.05, 4.69) is 10.3 Å². The van der Waals surface area contributed by atoms with Crippen molar-refractivity contribution in [1.29, 1.82) is 0 Å². The van der Waals surface area contributed by atoms with Gasteiger partial charge in [-0.3, -0.25) is 4.79 Å². The zero-order valence-electron chi connectivity index (χ0n) is 8.16. The lowest BCUT2D eigenvalue weighted by atomic mass is 10.3. The maximum absolute atomic E-state index is 10.9. The van der Waals surface area contributed by atoms with Crippen LogP contribution >= 0.6 is 11.3 Å². The van der Waals surface area contributed by atoms with Crippen molar-refractivity contribution in [3.63, 3.8) is 0 Å². The number of rotatable bonds is 6. The number of nitrogens with one attached hydrogen (secondary N) is 1. The van der Waals surface area contributed by atoms with Crippen molar-refractivity contribution in [1.82, 2.24) is 4.98 Å². The second kappa shape index (κ2) is 6.37. The molecule has 14 heavy (non-hydrogen) atoms. The maximum Gasteiger partial charge on any atom is 0.305 e. The van der Waals surface area contributed by atoms with Crippen molar-refractivity contribution in [2.75, 3.05) is 18.5 Å². The molecule has 4 nitrogen and oxygen atoms in total. The van der Waals surface area contributed by atoms with Gasteiger partial charge in [0.1, 0.15) is 0 Å². The molecule has 0 aliphatic rings. The third kappa shape index (κ3) is 4.23. The topological polar surface area (TPSA) is 51.2 Å². The number of hydrogen-bond acceptors (Lipinski definition) is 5. The average molecular weight is 214 g/mol. The number of thiazole rings is 1. The van der Waals surface area contributed by atoms with E-state index in [-0.39, 0.29) is 5.97 Å². The average Bonchev–Trinajstić information content (AvgIpc) is 2.65. The third-order valence-electron chi connectivity index (χ3n) is 1.57. The Labute approximate surface area is 87.3 Å². The molecular formula is C9H14N2O2S. The Hall–Kier alpha value is -1.10. The van der Waals surface area contributed by atoms with Crippen molar-refractivity contribution >= 4 is 22.4 Å². The molecule has 1 aromatic rings. The van der Waals surface area contributed by atoms with Crippen LogP contribution in [0.25, 0.3) is 0 Å². The number of anilines is 1. The fraction of sp³-hybridized carbons (Fsp3) is 0.556. The van der Waals surface area contributed by atoms with Crippen LogP contribution in [0.2, 0.25) is 0 Å². The summed E-state index contributed by atoms with van der Waals surface area (Å²) in [6.45, 7) is 3.02. The zero-order valence-corrected chi connectivity index (χ0v) is 8.97. The van der Waals surface area contributed by atoms with Gasteiger partial charge in [-0.05, 0) is 13.3 Å². The highest BCUT2D eigenvalue weighted by Gasteiger charge is 2.00. The second-order valence-corrected chi connectivity index (χ2v) is 3.57. The smallest absolute Gasteiger partial charge is 0.305 e. The highest BCUT2D eigenvalue weighted by molar-refractivity contribution is 7.13. The fourth-order valence-electron chi connectivity index (χ4n) is 0.972. The van der Waals surface area contributed by atoms with Crippen LogP contribution in [0.3, 0.4) is 0 Å². The highest BCUT2D eigenvalue weighted by atomic mass is 32.1. The molecule has 0 aliphatic heterocycles. The summed E-state index contributed by atoms with van der Waals surface area (Å²) in [7, 11) is 0. The van der Waals surface area contributed by atoms with E-state index in [1.165, 1.54) is 0 Å². The summed E-state index contributed by atoms with van der Waals surface area (Å²) in [6, 6.07) is 0. The van der Waals surface area contributed by atoms with E-state index >= 15 is 0 Å². The van der Waals surface area contributed by atoms with Gasteiger partial charge in [0.2, 0.25) is 0 Å². The first-order valence-electron chi connectivity index (χ1n) is 4.62. The molecule has 5 heteroatoms. The normalized spacial score (nSPS) is 9.79. The Kier molecular flexibility index (Phi) is 4.99. The van der Waals surface area contributed by atoms with Crippen molar-refractivity contribution in [2.45, 2.75) is 19.8 Å². The summed E-state index contributed by atoms with van der Waals surface area (Å²) in [5.41, 5.74) is 0. The molecule has 78 valence electrons. The van der Waals surface area contributed by atoms with Crippen LogP contribution in [0.15, 0.2) is 11.6 Å². The van der Waals surface area contributed by atoms with Gasteiger partial charge in [-0.1, -0.05) is 0 Å². The summed E-state index contributed by atoms with van der Waals surface area (Å²) < 4.78 is 4.80. The summed E-state index contributed by atoms with van der Waals surface area (Å²) in [5.74, 6) is -0.131. The summed E-state index contributed by atoms with van der Waals surface area (Å²) in [4.78, 5) is 15.0. The molecule has 0 saturated carbocycles. The first-order chi connectivity index (χ1) is 6.83. The van der Waals surface area contributed by atoms with Gasteiger partial charge in [-0.2, -0.15) is 0 Å². The predicted molar refractivity (Wildman–Crippen MR) is 56.5 cm³/mol. The minimum atomic E-state index is -0.131. The molecule has 0 atom stereocenters. The molecule has 0 bridgehead atoms. The van der Waals surface area contributed by atoms with Gasteiger partial charge in [-0.15, -0.1) is 11.3 Å². The minimum absolute atomic E-state index is 0.131. The van der Waals surface area contributed by atoms with E-state index in [0.29, 0.717) is 13.0 Å². The third-order valence-corrected chi connectivity index (χ3v) is 2.30. The molecule has 0 radical (unpaired) electrons. The lowest BCUT2D eigenvalue weighted by Gasteiger charge is -2.02. The monoisotopic (exact) mass is 214 g/mol. The maximum atomic E-state index is 10.9. The highest BCUT2D eigenvalue weighted by Crippen LogP contribution is 2.09. The zero-order chi connectivity index (χ0) is 10.2. The van der Waals surface area contributed by atoms with Gasteiger partial charge >= 0.3 is 5.97 Å². The molecule has 1 heterocycles. The van der Waals surface area contributed by atoms with Gasteiger partial charge in [0.15, 0.2) is 5.13 Å². The number of carbonyl (C=O) groups is 1. The molecule has 0 aromatic carbocycles. The van der Waals surface area contributed by atoms with Crippen LogP contribution in [-0.2, 0) is 9.53 Å². The molecule has 0 aliphatic carbocycles. The Morgan fingerprint density at radius 3 is 3.21 bits per heavy atom. The van der Waals surface area contributed by atoms with E-state index in [0.717, 1.165) is 18.1 Å². The molecule has 1 aromatic heterocycles.